The summed E-state index contributed by atoms with van der Waals surface area (Å²) in [5.41, 5.74) is 1.18. The van der Waals surface area contributed by atoms with E-state index in [-0.39, 0.29) is 17.8 Å². The topological polar surface area (TPSA) is 75.0 Å². The third kappa shape index (κ3) is 3.39. The molecule has 0 saturated carbocycles. The lowest BCUT2D eigenvalue weighted by molar-refractivity contribution is -0.138. The Morgan fingerprint density at radius 3 is 2.64 bits per heavy atom. The molecular formula is C19H16O6. The molecule has 0 radical (unpaired) electrons. The van der Waals surface area contributed by atoms with Gasteiger partial charge in [0, 0.05) is 18.7 Å². The minimum Gasteiger partial charge on any atom is -0.496 e. The highest BCUT2D eigenvalue weighted by atomic mass is 16.6. The summed E-state index contributed by atoms with van der Waals surface area (Å²) in [6.07, 6.45) is 1.38. The average molecular weight is 340 g/mol. The minimum atomic E-state index is -0.533. The monoisotopic (exact) mass is 340 g/mol. The van der Waals surface area contributed by atoms with E-state index in [1.807, 2.05) is 12.1 Å². The van der Waals surface area contributed by atoms with E-state index in [4.69, 9.17) is 18.6 Å². The molecule has 3 rings (SSSR count). The summed E-state index contributed by atoms with van der Waals surface area (Å²) in [4.78, 5) is 24.3. The zero-order valence-corrected chi connectivity index (χ0v) is 13.8. The Balaban J connectivity index is 2.04. The summed E-state index contributed by atoms with van der Waals surface area (Å²) in [5.74, 6) is 0.330. The summed E-state index contributed by atoms with van der Waals surface area (Å²) in [5, 5.41) is 0.384. The number of ether oxygens (including phenoxy) is 3. The predicted octanol–water partition coefficient (Wildman–Crippen LogP) is 3.02. The number of esters is 1. The molecule has 0 saturated heterocycles. The van der Waals surface area contributed by atoms with E-state index in [2.05, 4.69) is 0 Å². The maximum atomic E-state index is 12.8. The highest BCUT2D eigenvalue weighted by Crippen LogP contribution is 2.29. The SMILES string of the molecule is COCC(=O)Oc1ccc2c(=O)c(-c3ccccc3OC)coc2c1. The number of benzene rings is 2. The number of hydrogen-bond donors (Lipinski definition) is 0. The number of fused-ring (bicyclic) bond motifs is 1. The number of rotatable bonds is 5. The van der Waals surface area contributed by atoms with Gasteiger partial charge in [0.1, 0.15) is 30.0 Å². The van der Waals surface area contributed by atoms with Gasteiger partial charge in [-0.15, -0.1) is 0 Å². The maximum Gasteiger partial charge on any atom is 0.337 e. The Kier molecular flexibility index (Phi) is 4.81. The van der Waals surface area contributed by atoms with Crippen LogP contribution < -0.4 is 14.9 Å². The molecule has 1 heterocycles. The molecule has 128 valence electrons. The molecule has 6 heteroatoms. The van der Waals surface area contributed by atoms with Crippen molar-refractivity contribution in [2.45, 2.75) is 0 Å². The second-order valence-corrected chi connectivity index (χ2v) is 5.24. The molecule has 0 aliphatic rings. The van der Waals surface area contributed by atoms with Crippen LogP contribution in [0, 0.1) is 0 Å². The van der Waals surface area contributed by atoms with Crippen molar-refractivity contribution in [1.29, 1.82) is 0 Å². The lowest BCUT2D eigenvalue weighted by Gasteiger charge is -2.08. The first-order chi connectivity index (χ1) is 12.1. The van der Waals surface area contributed by atoms with Gasteiger partial charge in [-0.25, -0.2) is 4.79 Å². The lowest BCUT2D eigenvalue weighted by Crippen LogP contribution is -2.14. The summed E-state index contributed by atoms with van der Waals surface area (Å²) >= 11 is 0. The van der Waals surface area contributed by atoms with Gasteiger partial charge in [0.25, 0.3) is 0 Å². The second kappa shape index (κ2) is 7.19. The van der Waals surface area contributed by atoms with Gasteiger partial charge in [-0.3, -0.25) is 4.79 Å². The molecule has 0 aliphatic carbocycles. The van der Waals surface area contributed by atoms with Gasteiger partial charge < -0.3 is 18.6 Å². The first-order valence-electron chi connectivity index (χ1n) is 7.52. The number of hydrogen-bond acceptors (Lipinski definition) is 6. The molecule has 3 aromatic rings. The van der Waals surface area contributed by atoms with Crippen LogP contribution in [0.4, 0.5) is 0 Å². The van der Waals surface area contributed by atoms with Gasteiger partial charge in [0.2, 0.25) is 5.43 Å². The smallest absolute Gasteiger partial charge is 0.337 e. The zero-order valence-electron chi connectivity index (χ0n) is 13.8. The van der Waals surface area contributed by atoms with Crippen LogP contribution in [0.25, 0.3) is 22.1 Å². The standard InChI is InChI=1S/C19H16O6/c1-22-11-18(20)25-12-7-8-14-17(9-12)24-10-15(19(14)21)13-5-3-4-6-16(13)23-2/h3-10H,11H2,1-2H3. The van der Waals surface area contributed by atoms with E-state index in [0.29, 0.717) is 27.8 Å². The van der Waals surface area contributed by atoms with Crippen molar-refractivity contribution in [1.82, 2.24) is 0 Å². The summed E-state index contributed by atoms with van der Waals surface area (Å²) < 4.78 is 20.7. The third-order valence-corrected chi connectivity index (χ3v) is 3.64. The molecule has 0 fully saturated rings. The van der Waals surface area contributed by atoms with Crippen LogP contribution in [-0.4, -0.2) is 26.8 Å². The van der Waals surface area contributed by atoms with Gasteiger partial charge >= 0.3 is 5.97 Å². The predicted molar refractivity (Wildman–Crippen MR) is 92.0 cm³/mol. The molecule has 0 spiro atoms. The first-order valence-corrected chi connectivity index (χ1v) is 7.52. The van der Waals surface area contributed by atoms with Crippen molar-refractivity contribution >= 4 is 16.9 Å². The summed E-state index contributed by atoms with van der Waals surface area (Å²) in [6.45, 7) is -0.158. The molecule has 1 aromatic heterocycles. The Labute approximate surface area is 143 Å². The quantitative estimate of drug-likeness (QED) is 0.525. The van der Waals surface area contributed by atoms with Crippen LogP contribution in [0.5, 0.6) is 11.5 Å². The molecule has 0 amide bonds. The van der Waals surface area contributed by atoms with Crippen molar-refractivity contribution in [3.05, 3.63) is 59.0 Å². The largest absolute Gasteiger partial charge is 0.496 e. The Morgan fingerprint density at radius 1 is 1.08 bits per heavy atom. The maximum absolute atomic E-state index is 12.8. The molecule has 0 bridgehead atoms. The number of carbonyl (C=O) groups excluding carboxylic acids is 1. The van der Waals surface area contributed by atoms with Crippen molar-refractivity contribution in [2.24, 2.45) is 0 Å². The minimum absolute atomic E-state index is 0.158. The Bertz CT molecular complexity index is 973. The number of para-hydroxylation sites is 1. The molecule has 0 unspecified atom stereocenters. The lowest BCUT2D eigenvalue weighted by atomic mass is 10.0. The normalized spacial score (nSPS) is 10.6. The first kappa shape index (κ1) is 16.7. The van der Waals surface area contributed by atoms with Gasteiger partial charge in [0.15, 0.2) is 0 Å². The molecule has 0 atom stereocenters. The molecule has 0 aliphatic heterocycles. The van der Waals surface area contributed by atoms with Crippen molar-refractivity contribution in [3.63, 3.8) is 0 Å². The Hall–Kier alpha value is -3.12. The summed E-state index contributed by atoms with van der Waals surface area (Å²) in [7, 11) is 2.95. The molecule has 2 aromatic carbocycles. The van der Waals surface area contributed by atoms with E-state index >= 15 is 0 Å². The fourth-order valence-corrected chi connectivity index (χ4v) is 2.50. The Morgan fingerprint density at radius 2 is 1.88 bits per heavy atom. The van der Waals surface area contributed by atoms with E-state index in [9.17, 15) is 9.59 Å². The van der Waals surface area contributed by atoms with Gasteiger partial charge in [-0.05, 0) is 18.2 Å². The van der Waals surface area contributed by atoms with E-state index in [0.717, 1.165) is 0 Å². The number of methoxy groups -OCH3 is 2. The second-order valence-electron chi connectivity index (χ2n) is 5.24. The van der Waals surface area contributed by atoms with Crippen LogP contribution >= 0.6 is 0 Å². The van der Waals surface area contributed by atoms with Crippen LogP contribution in [0.2, 0.25) is 0 Å². The highest BCUT2D eigenvalue weighted by Gasteiger charge is 2.14. The number of carbonyl (C=O) groups is 1. The van der Waals surface area contributed by atoms with E-state index < -0.39 is 5.97 Å². The summed E-state index contributed by atoms with van der Waals surface area (Å²) in [6, 6.07) is 11.8. The van der Waals surface area contributed by atoms with Gasteiger partial charge in [-0.1, -0.05) is 18.2 Å². The molecule has 0 N–H and O–H groups in total. The van der Waals surface area contributed by atoms with Crippen LogP contribution in [0.1, 0.15) is 0 Å². The van der Waals surface area contributed by atoms with Crippen LogP contribution in [0.3, 0.4) is 0 Å². The van der Waals surface area contributed by atoms with Gasteiger partial charge in [-0.2, -0.15) is 0 Å². The third-order valence-electron chi connectivity index (χ3n) is 3.64. The van der Waals surface area contributed by atoms with Gasteiger partial charge in [0.05, 0.1) is 18.1 Å². The zero-order chi connectivity index (χ0) is 17.8. The highest BCUT2D eigenvalue weighted by molar-refractivity contribution is 5.84. The molecule has 25 heavy (non-hydrogen) atoms. The van der Waals surface area contributed by atoms with E-state index in [1.54, 1.807) is 31.4 Å². The van der Waals surface area contributed by atoms with Crippen molar-refractivity contribution < 1.29 is 23.4 Å². The van der Waals surface area contributed by atoms with Crippen LogP contribution in [0.15, 0.2) is 57.9 Å². The van der Waals surface area contributed by atoms with Crippen LogP contribution in [-0.2, 0) is 9.53 Å². The molecular weight excluding hydrogens is 324 g/mol. The average Bonchev–Trinajstić information content (AvgIpc) is 2.62. The van der Waals surface area contributed by atoms with Crippen molar-refractivity contribution in [2.75, 3.05) is 20.8 Å². The fraction of sp³-hybridized carbons (Fsp3) is 0.158. The molecule has 6 nitrogen and oxygen atoms in total. The van der Waals surface area contributed by atoms with Crippen molar-refractivity contribution in [3.8, 4) is 22.6 Å². The van der Waals surface area contributed by atoms with E-state index in [1.165, 1.54) is 19.4 Å². The fourth-order valence-electron chi connectivity index (χ4n) is 2.50.